The third kappa shape index (κ3) is 5.07. The Bertz CT molecular complexity index is 1230. The predicted molar refractivity (Wildman–Crippen MR) is 123 cm³/mol. The Kier molecular flexibility index (Phi) is 7.13. The van der Waals surface area contributed by atoms with Crippen LogP contribution in [-0.2, 0) is 10.0 Å². The molecular weight excluding hydrogens is 426 g/mol. The van der Waals surface area contributed by atoms with Crippen LogP contribution in [0.1, 0.15) is 29.8 Å². The molecule has 1 N–H and O–H groups in total. The van der Waals surface area contributed by atoms with Crippen molar-refractivity contribution in [2.45, 2.75) is 18.7 Å². The van der Waals surface area contributed by atoms with Crippen molar-refractivity contribution in [1.29, 1.82) is 5.26 Å². The molecule has 0 bridgehead atoms. The first-order valence-corrected chi connectivity index (χ1v) is 11.5. The van der Waals surface area contributed by atoms with E-state index in [4.69, 9.17) is 10.00 Å². The fourth-order valence-electron chi connectivity index (χ4n) is 3.12. The Morgan fingerprint density at radius 1 is 1.03 bits per heavy atom. The minimum Gasteiger partial charge on any atom is -0.494 e. The average molecular weight is 450 g/mol. The van der Waals surface area contributed by atoms with Crippen LogP contribution in [0.25, 0.3) is 0 Å². The molecule has 0 saturated heterocycles. The number of ether oxygens (including phenoxy) is 1. The van der Waals surface area contributed by atoms with Crippen LogP contribution in [0.15, 0.2) is 77.7 Å². The smallest absolute Gasteiger partial charge is 0.264 e. The lowest BCUT2D eigenvalue weighted by Crippen LogP contribution is -2.31. The summed E-state index contributed by atoms with van der Waals surface area (Å²) in [5.41, 5.74) is 1.69. The molecule has 8 heteroatoms. The molecule has 1 amide bonds. The van der Waals surface area contributed by atoms with Crippen molar-refractivity contribution in [2.75, 3.05) is 22.8 Å². The number of nitriles is 1. The Balaban J connectivity index is 1.85. The zero-order valence-electron chi connectivity index (χ0n) is 17.8. The number of hydrogen-bond acceptors (Lipinski definition) is 5. The first kappa shape index (κ1) is 22.8. The molecule has 0 radical (unpaired) electrons. The zero-order chi connectivity index (χ0) is 23.1. The minimum atomic E-state index is -3.89. The van der Waals surface area contributed by atoms with Crippen molar-refractivity contribution in [2.24, 2.45) is 0 Å². The second-order valence-electron chi connectivity index (χ2n) is 6.77. The van der Waals surface area contributed by atoms with E-state index in [0.717, 1.165) is 0 Å². The van der Waals surface area contributed by atoms with Crippen molar-refractivity contribution in [3.63, 3.8) is 0 Å². The fraction of sp³-hybridized carbons (Fsp3) is 0.167. The molecule has 164 valence electrons. The molecule has 0 spiro atoms. The molecule has 0 aliphatic rings. The van der Waals surface area contributed by atoms with Crippen molar-refractivity contribution in [3.8, 4) is 11.8 Å². The molecule has 7 nitrogen and oxygen atoms in total. The zero-order valence-corrected chi connectivity index (χ0v) is 18.6. The highest BCUT2D eigenvalue weighted by molar-refractivity contribution is 7.92. The number of nitrogens with zero attached hydrogens (tertiary/aromatic N) is 2. The molecular formula is C24H23N3O4S. The summed E-state index contributed by atoms with van der Waals surface area (Å²) in [6, 6.07) is 21.1. The van der Waals surface area contributed by atoms with Gasteiger partial charge in [-0.2, -0.15) is 5.26 Å². The van der Waals surface area contributed by atoms with Crippen LogP contribution in [0.5, 0.6) is 5.75 Å². The molecule has 0 aromatic heterocycles. The predicted octanol–water partition coefficient (Wildman–Crippen LogP) is 4.42. The number of sulfonamides is 1. The van der Waals surface area contributed by atoms with Gasteiger partial charge in [0.2, 0.25) is 0 Å². The SMILES string of the molecule is CCOc1ccc(N(CC)S(=O)(=O)c2cccc(C(=O)Nc3ccc(C#N)cc3)c2)cc1. The summed E-state index contributed by atoms with van der Waals surface area (Å²) >= 11 is 0. The summed E-state index contributed by atoms with van der Waals surface area (Å²) in [5, 5.41) is 11.6. The number of benzene rings is 3. The maximum Gasteiger partial charge on any atom is 0.264 e. The van der Waals surface area contributed by atoms with Crippen molar-refractivity contribution in [3.05, 3.63) is 83.9 Å². The van der Waals surface area contributed by atoms with Crippen LogP contribution in [0.2, 0.25) is 0 Å². The van der Waals surface area contributed by atoms with Crippen molar-refractivity contribution >= 4 is 27.3 Å². The summed E-state index contributed by atoms with van der Waals surface area (Å²) < 4.78 is 33.3. The van der Waals surface area contributed by atoms with Gasteiger partial charge in [-0.1, -0.05) is 6.07 Å². The normalized spacial score (nSPS) is 10.8. The Morgan fingerprint density at radius 3 is 2.31 bits per heavy atom. The van der Waals surface area contributed by atoms with Crippen LogP contribution in [0, 0.1) is 11.3 Å². The molecule has 0 heterocycles. The lowest BCUT2D eigenvalue weighted by Gasteiger charge is -2.23. The van der Waals surface area contributed by atoms with Gasteiger partial charge >= 0.3 is 0 Å². The van der Waals surface area contributed by atoms with Crippen molar-refractivity contribution in [1.82, 2.24) is 0 Å². The Morgan fingerprint density at radius 2 is 1.72 bits per heavy atom. The van der Waals surface area contributed by atoms with E-state index >= 15 is 0 Å². The standard InChI is InChI=1S/C24H23N3O4S/c1-3-27(21-12-14-22(15-13-21)31-4-2)32(29,30)23-7-5-6-19(16-23)24(28)26-20-10-8-18(17-25)9-11-20/h5-16H,3-4H2,1-2H3,(H,26,28). The van der Waals surface area contributed by atoms with E-state index in [1.54, 1.807) is 61.5 Å². The molecule has 3 aromatic carbocycles. The number of rotatable bonds is 8. The summed E-state index contributed by atoms with van der Waals surface area (Å²) in [4.78, 5) is 12.7. The lowest BCUT2D eigenvalue weighted by molar-refractivity contribution is 0.102. The van der Waals surface area contributed by atoms with Gasteiger partial charge in [0.25, 0.3) is 15.9 Å². The first-order chi connectivity index (χ1) is 15.4. The van der Waals surface area contributed by atoms with Crippen LogP contribution >= 0.6 is 0 Å². The van der Waals surface area contributed by atoms with E-state index in [-0.39, 0.29) is 17.0 Å². The molecule has 0 saturated carbocycles. The summed E-state index contributed by atoms with van der Waals surface area (Å²) in [7, 11) is -3.89. The number of hydrogen-bond donors (Lipinski definition) is 1. The summed E-state index contributed by atoms with van der Waals surface area (Å²) in [5.74, 6) is 0.210. The summed E-state index contributed by atoms with van der Waals surface area (Å²) in [6.07, 6.45) is 0. The fourth-order valence-corrected chi connectivity index (χ4v) is 4.64. The van der Waals surface area contributed by atoms with Gasteiger partial charge in [-0.25, -0.2) is 8.42 Å². The van der Waals surface area contributed by atoms with Crippen LogP contribution < -0.4 is 14.4 Å². The molecule has 0 aliphatic carbocycles. The highest BCUT2D eigenvalue weighted by Gasteiger charge is 2.24. The molecule has 0 unspecified atom stereocenters. The second kappa shape index (κ2) is 9.98. The minimum absolute atomic E-state index is 0.0145. The molecule has 32 heavy (non-hydrogen) atoms. The molecule has 0 atom stereocenters. The Labute approximate surface area is 187 Å². The van der Waals surface area contributed by atoms with E-state index < -0.39 is 15.9 Å². The van der Waals surface area contributed by atoms with Crippen LogP contribution in [0.3, 0.4) is 0 Å². The van der Waals surface area contributed by atoms with Gasteiger partial charge in [-0.3, -0.25) is 9.10 Å². The number of carbonyl (C=O) groups is 1. The molecule has 3 aromatic rings. The monoisotopic (exact) mass is 449 g/mol. The van der Waals surface area contributed by atoms with E-state index in [1.165, 1.54) is 22.5 Å². The van der Waals surface area contributed by atoms with E-state index in [1.807, 2.05) is 13.0 Å². The van der Waals surface area contributed by atoms with Crippen molar-refractivity contribution < 1.29 is 17.9 Å². The maximum absolute atomic E-state index is 13.3. The maximum atomic E-state index is 13.3. The number of nitrogens with one attached hydrogen (secondary N) is 1. The Hall–Kier alpha value is -3.83. The van der Waals surface area contributed by atoms with Crippen LogP contribution in [-0.4, -0.2) is 27.5 Å². The van der Waals surface area contributed by atoms with Crippen LogP contribution in [0.4, 0.5) is 11.4 Å². The molecule has 0 aliphatic heterocycles. The third-order valence-electron chi connectivity index (χ3n) is 4.68. The van der Waals surface area contributed by atoms with Gasteiger partial charge in [0.15, 0.2) is 0 Å². The quantitative estimate of drug-likeness (QED) is 0.549. The highest BCUT2D eigenvalue weighted by Crippen LogP contribution is 2.26. The van der Waals surface area contributed by atoms with Gasteiger partial charge in [-0.05, 0) is 80.6 Å². The van der Waals surface area contributed by atoms with Gasteiger partial charge < -0.3 is 10.1 Å². The number of amides is 1. The topological polar surface area (TPSA) is 99.5 Å². The van der Waals surface area contributed by atoms with Gasteiger partial charge in [0.1, 0.15) is 5.75 Å². The highest BCUT2D eigenvalue weighted by atomic mass is 32.2. The van der Waals surface area contributed by atoms with E-state index in [9.17, 15) is 13.2 Å². The van der Waals surface area contributed by atoms with Gasteiger partial charge in [0, 0.05) is 17.8 Å². The molecule has 3 rings (SSSR count). The largest absolute Gasteiger partial charge is 0.494 e. The number of anilines is 2. The summed E-state index contributed by atoms with van der Waals surface area (Å²) in [6.45, 7) is 4.36. The third-order valence-corrected chi connectivity index (χ3v) is 6.58. The molecule has 0 fully saturated rings. The van der Waals surface area contributed by atoms with Gasteiger partial charge in [0.05, 0.1) is 28.8 Å². The first-order valence-electron chi connectivity index (χ1n) is 10.1. The average Bonchev–Trinajstić information content (AvgIpc) is 2.81. The van der Waals surface area contributed by atoms with E-state index in [2.05, 4.69) is 5.32 Å². The van der Waals surface area contributed by atoms with E-state index in [0.29, 0.717) is 29.3 Å². The second-order valence-corrected chi connectivity index (χ2v) is 8.63. The number of carbonyl (C=O) groups excluding carboxylic acids is 1. The lowest BCUT2D eigenvalue weighted by atomic mass is 10.2. The van der Waals surface area contributed by atoms with Gasteiger partial charge in [-0.15, -0.1) is 0 Å².